The Bertz CT molecular complexity index is 578. The normalized spacial score (nSPS) is 21.9. The quantitative estimate of drug-likeness (QED) is 0.875. The molecule has 0 spiro atoms. The highest BCUT2D eigenvalue weighted by atomic mass is 14.9. The maximum Gasteiger partial charge on any atom is 0.159 e. The molecule has 92 valence electrons. The molecule has 0 radical (unpaired) electrons. The van der Waals surface area contributed by atoms with Crippen LogP contribution in [0.25, 0.3) is 11.4 Å². The third-order valence-electron chi connectivity index (χ3n) is 3.66. The monoisotopic (exact) mass is 239 g/mol. The van der Waals surface area contributed by atoms with Crippen LogP contribution < -0.4 is 5.73 Å². The second-order valence-electron chi connectivity index (χ2n) is 5.12. The minimum Gasteiger partial charge on any atom is -0.396 e. The first-order chi connectivity index (χ1) is 8.66. The lowest BCUT2D eigenvalue weighted by molar-refractivity contribution is 0.878. The van der Waals surface area contributed by atoms with E-state index >= 15 is 0 Å². The van der Waals surface area contributed by atoms with Gasteiger partial charge in [-0.05, 0) is 19.3 Å². The number of hydrogen-bond donors (Lipinski definition) is 1. The molecule has 0 saturated heterocycles. The van der Waals surface area contributed by atoms with Gasteiger partial charge in [-0.1, -0.05) is 37.3 Å². The Morgan fingerprint density at radius 1 is 1.17 bits per heavy atom. The van der Waals surface area contributed by atoms with Crippen molar-refractivity contribution in [1.82, 2.24) is 9.97 Å². The molecule has 18 heavy (non-hydrogen) atoms. The summed E-state index contributed by atoms with van der Waals surface area (Å²) in [5.41, 5.74) is 9.85. The lowest BCUT2D eigenvalue weighted by Gasteiger charge is -2.09. The number of aryl methyl sites for hydroxylation is 1. The minimum absolute atomic E-state index is 0.522. The lowest BCUT2D eigenvalue weighted by Crippen LogP contribution is -2.04. The minimum atomic E-state index is 0.522. The van der Waals surface area contributed by atoms with Crippen molar-refractivity contribution in [3.63, 3.8) is 0 Å². The van der Waals surface area contributed by atoms with Gasteiger partial charge in [0.05, 0.1) is 17.1 Å². The molecule has 2 aromatic rings. The van der Waals surface area contributed by atoms with Gasteiger partial charge in [0, 0.05) is 11.5 Å². The van der Waals surface area contributed by atoms with E-state index in [0.717, 1.165) is 28.5 Å². The zero-order valence-corrected chi connectivity index (χ0v) is 10.7. The third kappa shape index (κ3) is 1.86. The van der Waals surface area contributed by atoms with Crippen LogP contribution >= 0.6 is 0 Å². The van der Waals surface area contributed by atoms with Crippen LogP contribution in [0.4, 0.5) is 5.69 Å². The van der Waals surface area contributed by atoms with E-state index in [0.29, 0.717) is 11.8 Å². The SMILES string of the molecule is Cc1nc(-c2ccccc2)nc(C2CC2C)c1N. The molecular weight excluding hydrogens is 222 g/mol. The van der Waals surface area contributed by atoms with Crippen LogP contribution in [0, 0.1) is 12.8 Å². The Labute approximate surface area is 107 Å². The summed E-state index contributed by atoms with van der Waals surface area (Å²) in [6.45, 7) is 4.20. The first-order valence-corrected chi connectivity index (χ1v) is 6.36. The van der Waals surface area contributed by atoms with E-state index in [9.17, 15) is 0 Å². The molecule has 1 aliphatic rings. The summed E-state index contributed by atoms with van der Waals surface area (Å²) in [5, 5.41) is 0. The molecule has 1 aromatic heterocycles. The summed E-state index contributed by atoms with van der Waals surface area (Å²) in [6.07, 6.45) is 1.19. The summed E-state index contributed by atoms with van der Waals surface area (Å²) in [7, 11) is 0. The van der Waals surface area contributed by atoms with Crippen molar-refractivity contribution in [3.8, 4) is 11.4 Å². The average molecular weight is 239 g/mol. The second-order valence-corrected chi connectivity index (χ2v) is 5.12. The predicted molar refractivity (Wildman–Crippen MR) is 73.1 cm³/mol. The Hall–Kier alpha value is -1.90. The number of anilines is 1. The van der Waals surface area contributed by atoms with Crippen LogP contribution in [0.3, 0.4) is 0 Å². The summed E-state index contributed by atoms with van der Waals surface area (Å²) in [6, 6.07) is 10.1. The van der Waals surface area contributed by atoms with E-state index in [1.165, 1.54) is 6.42 Å². The molecule has 2 atom stereocenters. The van der Waals surface area contributed by atoms with Crippen LogP contribution in [0.2, 0.25) is 0 Å². The largest absolute Gasteiger partial charge is 0.396 e. The summed E-state index contributed by atoms with van der Waals surface area (Å²) >= 11 is 0. The van der Waals surface area contributed by atoms with Crippen molar-refractivity contribution in [2.24, 2.45) is 5.92 Å². The summed E-state index contributed by atoms with van der Waals surface area (Å²) in [4.78, 5) is 9.18. The standard InChI is InChI=1S/C15H17N3/c1-9-8-12(9)14-13(16)10(2)17-15(18-14)11-6-4-3-5-7-11/h3-7,9,12H,8,16H2,1-2H3. The molecule has 2 unspecified atom stereocenters. The fraction of sp³-hybridized carbons (Fsp3) is 0.333. The van der Waals surface area contributed by atoms with E-state index in [1.54, 1.807) is 0 Å². The first kappa shape index (κ1) is 11.2. The van der Waals surface area contributed by atoms with E-state index < -0.39 is 0 Å². The van der Waals surface area contributed by atoms with Crippen LogP contribution in [0.5, 0.6) is 0 Å². The van der Waals surface area contributed by atoms with Crippen LogP contribution in [-0.2, 0) is 0 Å². The van der Waals surface area contributed by atoms with E-state index in [4.69, 9.17) is 5.73 Å². The van der Waals surface area contributed by atoms with Gasteiger partial charge in [0.15, 0.2) is 5.82 Å². The van der Waals surface area contributed by atoms with Gasteiger partial charge in [0.2, 0.25) is 0 Å². The number of nitrogens with zero attached hydrogens (tertiary/aromatic N) is 2. The molecule has 0 aliphatic heterocycles. The number of aromatic nitrogens is 2. The van der Waals surface area contributed by atoms with Gasteiger partial charge >= 0.3 is 0 Å². The zero-order valence-electron chi connectivity index (χ0n) is 10.7. The van der Waals surface area contributed by atoms with Gasteiger partial charge in [-0.15, -0.1) is 0 Å². The maximum absolute atomic E-state index is 6.11. The van der Waals surface area contributed by atoms with E-state index in [2.05, 4.69) is 16.9 Å². The van der Waals surface area contributed by atoms with Crippen molar-refractivity contribution in [2.75, 3.05) is 5.73 Å². The number of nitrogens with two attached hydrogens (primary N) is 1. The van der Waals surface area contributed by atoms with Gasteiger partial charge in [-0.25, -0.2) is 9.97 Å². The number of hydrogen-bond acceptors (Lipinski definition) is 3. The van der Waals surface area contributed by atoms with Gasteiger partial charge < -0.3 is 5.73 Å². The number of benzene rings is 1. The predicted octanol–water partition coefficient (Wildman–Crippen LogP) is 3.16. The Morgan fingerprint density at radius 2 is 1.83 bits per heavy atom. The first-order valence-electron chi connectivity index (χ1n) is 6.36. The van der Waals surface area contributed by atoms with Gasteiger partial charge in [-0.3, -0.25) is 0 Å². The van der Waals surface area contributed by atoms with Gasteiger partial charge in [0.25, 0.3) is 0 Å². The molecule has 0 bridgehead atoms. The molecular formula is C15H17N3. The molecule has 3 heteroatoms. The Balaban J connectivity index is 2.09. The van der Waals surface area contributed by atoms with E-state index in [1.807, 2.05) is 37.3 Å². The molecule has 3 rings (SSSR count). The molecule has 1 aromatic carbocycles. The number of nitrogen functional groups attached to an aromatic ring is 1. The maximum atomic E-state index is 6.11. The summed E-state index contributed by atoms with van der Waals surface area (Å²) in [5.74, 6) is 2.01. The smallest absolute Gasteiger partial charge is 0.159 e. The van der Waals surface area contributed by atoms with Crippen LogP contribution in [-0.4, -0.2) is 9.97 Å². The molecule has 1 aliphatic carbocycles. The van der Waals surface area contributed by atoms with Gasteiger partial charge in [-0.2, -0.15) is 0 Å². The topological polar surface area (TPSA) is 51.8 Å². The average Bonchev–Trinajstić information content (AvgIpc) is 3.10. The van der Waals surface area contributed by atoms with E-state index in [-0.39, 0.29) is 0 Å². The second kappa shape index (κ2) is 4.09. The van der Waals surface area contributed by atoms with Crippen molar-refractivity contribution in [3.05, 3.63) is 41.7 Å². The molecule has 3 nitrogen and oxygen atoms in total. The highest BCUT2D eigenvalue weighted by molar-refractivity contribution is 5.60. The van der Waals surface area contributed by atoms with Gasteiger partial charge in [0.1, 0.15) is 0 Å². The van der Waals surface area contributed by atoms with Crippen molar-refractivity contribution >= 4 is 5.69 Å². The van der Waals surface area contributed by atoms with Crippen LogP contribution in [0.1, 0.15) is 30.7 Å². The van der Waals surface area contributed by atoms with Crippen molar-refractivity contribution < 1.29 is 0 Å². The Morgan fingerprint density at radius 3 is 2.44 bits per heavy atom. The highest BCUT2D eigenvalue weighted by Crippen LogP contribution is 2.48. The highest BCUT2D eigenvalue weighted by Gasteiger charge is 2.37. The van der Waals surface area contributed by atoms with Crippen molar-refractivity contribution in [2.45, 2.75) is 26.2 Å². The molecule has 1 saturated carbocycles. The van der Waals surface area contributed by atoms with Crippen molar-refractivity contribution in [1.29, 1.82) is 0 Å². The summed E-state index contributed by atoms with van der Waals surface area (Å²) < 4.78 is 0. The molecule has 1 heterocycles. The molecule has 2 N–H and O–H groups in total. The lowest BCUT2D eigenvalue weighted by atomic mass is 10.1. The number of rotatable bonds is 2. The Kier molecular flexibility index (Phi) is 2.54. The molecule has 0 amide bonds. The van der Waals surface area contributed by atoms with Crippen LogP contribution in [0.15, 0.2) is 30.3 Å². The fourth-order valence-electron chi connectivity index (χ4n) is 2.31. The fourth-order valence-corrected chi connectivity index (χ4v) is 2.31. The third-order valence-corrected chi connectivity index (χ3v) is 3.66. The zero-order chi connectivity index (χ0) is 12.7. The molecule has 1 fully saturated rings.